The molecule has 0 radical (unpaired) electrons. The second kappa shape index (κ2) is 7.40. The summed E-state index contributed by atoms with van der Waals surface area (Å²) in [6.45, 7) is 1.76. The van der Waals surface area contributed by atoms with Crippen molar-refractivity contribution < 1.29 is 18.3 Å². The lowest BCUT2D eigenvalue weighted by Gasteiger charge is -2.22. The number of benzene rings is 2. The molecule has 3 rings (SSSR count). The van der Waals surface area contributed by atoms with E-state index in [2.05, 4.69) is 9.82 Å². The maximum absolute atomic E-state index is 12.4. The number of amides is 1. The molecule has 1 aliphatic heterocycles. The standard InChI is InChI=1S/C19H21N3O4S/c1-3-19(24)22-17(15-9-4-5-10-18(15)23)12-16(20-22)13-7-6-8-14(11-13)21-27(2,25)26/h4-11,17,21,23H,3,12H2,1-2H3. The van der Waals surface area contributed by atoms with Gasteiger partial charge in [-0.2, -0.15) is 5.10 Å². The minimum Gasteiger partial charge on any atom is -0.508 e. The Kier molecular flexibility index (Phi) is 5.18. The number of carbonyl (C=O) groups is 1. The van der Waals surface area contributed by atoms with Gasteiger partial charge in [0, 0.05) is 24.1 Å². The van der Waals surface area contributed by atoms with Gasteiger partial charge in [-0.05, 0) is 23.8 Å². The summed E-state index contributed by atoms with van der Waals surface area (Å²) in [6, 6.07) is 13.4. The highest BCUT2D eigenvalue weighted by Crippen LogP contribution is 2.37. The van der Waals surface area contributed by atoms with Gasteiger partial charge in [-0.25, -0.2) is 13.4 Å². The Labute approximate surface area is 158 Å². The molecule has 1 aliphatic rings. The van der Waals surface area contributed by atoms with Gasteiger partial charge in [0.25, 0.3) is 0 Å². The summed E-state index contributed by atoms with van der Waals surface area (Å²) in [7, 11) is -3.39. The molecule has 1 atom stereocenters. The van der Waals surface area contributed by atoms with Crippen molar-refractivity contribution in [1.82, 2.24) is 5.01 Å². The quantitative estimate of drug-likeness (QED) is 0.824. The fourth-order valence-corrected chi connectivity index (χ4v) is 3.62. The topological polar surface area (TPSA) is 99.1 Å². The van der Waals surface area contributed by atoms with Crippen molar-refractivity contribution in [3.05, 3.63) is 59.7 Å². The molecular formula is C19H21N3O4S. The van der Waals surface area contributed by atoms with Crippen LogP contribution in [0.25, 0.3) is 0 Å². The first-order chi connectivity index (χ1) is 12.8. The maximum atomic E-state index is 12.4. The van der Waals surface area contributed by atoms with Gasteiger partial charge in [0.2, 0.25) is 15.9 Å². The minimum atomic E-state index is -3.39. The van der Waals surface area contributed by atoms with Crippen LogP contribution >= 0.6 is 0 Å². The third kappa shape index (κ3) is 4.28. The monoisotopic (exact) mass is 387 g/mol. The average molecular weight is 387 g/mol. The first kappa shape index (κ1) is 18.9. The van der Waals surface area contributed by atoms with Crippen LogP contribution in [0.4, 0.5) is 5.69 Å². The molecule has 142 valence electrons. The fraction of sp³-hybridized carbons (Fsp3) is 0.263. The third-order valence-corrected chi connectivity index (χ3v) is 4.87. The second-order valence-corrected chi connectivity index (χ2v) is 8.12. The minimum absolute atomic E-state index is 0.111. The smallest absolute Gasteiger partial charge is 0.242 e. The summed E-state index contributed by atoms with van der Waals surface area (Å²) in [5.74, 6) is -0.0379. The third-order valence-electron chi connectivity index (χ3n) is 4.26. The van der Waals surface area contributed by atoms with Crippen LogP contribution in [0, 0.1) is 0 Å². The lowest BCUT2D eigenvalue weighted by molar-refractivity contribution is -0.132. The number of phenolic OH excluding ortho intramolecular Hbond substituents is 1. The highest BCUT2D eigenvalue weighted by atomic mass is 32.2. The number of hydrogen-bond donors (Lipinski definition) is 2. The number of hydrogen-bond acceptors (Lipinski definition) is 5. The Hall–Kier alpha value is -2.87. The van der Waals surface area contributed by atoms with Crippen molar-refractivity contribution in [2.75, 3.05) is 11.0 Å². The molecular weight excluding hydrogens is 366 g/mol. The van der Waals surface area contributed by atoms with Gasteiger partial charge in [0.15, 0.2) is 0 Å². The second-order valence-electron chi connectivity index (χ2n) is 6.37. The van der Waals surface area contributed by atoms with E-state index >= 15 is 0 Å². The van der Waals surface area contributed by atoms with Crippen molar-refractivity contribution in [2.45, 2.75) is 25.8 Å². The van der Waals surface area contributed by atoms with E-state index in [1.165, 1.54) is 5.01 Å². The van der Waals surface area contributed by atoms with E-state index in [4.69, 9.17) is 0 Å². The molecule has 8 heteroatoms. The van der Waals surface area contributed by atoms with Crippen LogP contribution in [0.3, 0.4) is 0 Å². The maximum Gasteiger partial charge on any atom is 0.242 e. The van der Waals surface area contributed by atoms with Gasteiger partial charge >= 0.3 is 0 Å². The van der Waals surface area contributed by atoms with Crippen molar-refractivity contribution in [3.63, 3.8) is 0 Å². The van der Waals surface area contributed by atoms with Crippen LogP contribution < -0.4 is 4.72 Å². The number of rotatable bonds is 5. The van der Waals surface area contributed by atoms with Crippen LogP contribution in [-0.2, 0) is 14.8 Å². The van der Waals surface area contributed by atoms with E-state index in [1.54, 1.807) is 49.4 Å². The number of carbonyl (C=O) groups excluding carboxylic acids is 1. The largest absolute Gasteiger partial charge is 0.508 e. The molecule has 0 spiro atoms. The number of anilines is 1. The Balaban J connectivity index is 1.96. The number of nitrogens with zero attached hydrogens (tertiary/aromatic N) is 2. The van der Waals surface area contributed by atoms with Crippen LogP contribution in [-0.4, -0.2) is 36.4 Å². The summed E-state index contributed by atoms with van der Waals surface area (Å²) < 4.78 is 25.4. The normalized spacial score (nSPS) is 16.9. The summed E-state index contributed by atoms with van der Waals surface area (Å²) in [6.07, 6.45) is 1.80. The Morgan fingerprint density at radius 3 is 2.67 bits per heavy atom. The lowest BCUT2D eigenvalue weighted by Crippen LogP contribution is -2.26. The van der Waals surface area contributed by atoms with E-state index in [9.17, 15) is 18.3 Å². The Morgan fingerprint density at radius 2 is 2.00 bits per heavy atom. The van der Waals surface area contributed by atoms with Gasteiger partial charge in [-0.15, -0.1) is 0 Å². The molecule has 2 aromatic rings. The molecule has 2 N–H and O–H groups in total. The molecule has 1 amide bonds. The van der Waals surface area contributed by atoms with Crippen LogP contribution in [0.5, 0.6) is 5.75 Å². The van der Waals surface area contributed by atoms with E-state index < -0.39 is 16.1 Å². The molecule has 0 saturated heterocycles. The van der Waals surface area contributed by atoms with E-state index in [-0.39, 0.29) is 18.1 Å². The molecule has 27 heavy (non-hydrogen) atoms. The van der Waals surface area contributed by atoms with Gasteiger partial charge in [-0.3, -0.25) is 9.52 Å². The van der Waals surface area contributed by atoms with Crippen molar-refractivity contribution in [1.29, 1.82) is 0 Å². The van der Waals surface area contributed by atoms with Crippen LogP contribution in [0.15, 0.2) is 53.6 Å². The van der Waals surface area contributed by atoms with Gasteiger partial charge in [0.05, 0.1) is 18.0 Å². The average Bonchev–Trinajstić information content (AvgIpc) is 3.05. The molecule has 0 fully saturated rings. The number of aromatic hydroxyl groups is 1. The lowest BCUT2D eigenvalue weighted by atomic mass is 9.97. The SMILES string of the molecule is CCC(=O)N1N=C(c2cccc(NS(C)(=O)=O)c2)CC1c1ccccc1O. The number of para-hydroxylation sites is 1. The zero-order valence-electron chi connectivity index (χ0n) is 15.1. The number of phenols is 1. The van der Waals surface area contributed by atoms with Crippen molar-refractivity contribution in [2.24, 2.45) is 5.10 Å². The molecule has 1 heterocycles. The predicted octanol–water partition coefficient (Wildman–Crippen LogP) is 2.85. The summed E-state index contributed by atoms with van der Waals surface area (Å²) >= 11 is 0. The van der Waals surface area contributed by atoms with Gasteiger partial charge < -0.3 is 5.11 Å². The molecule has 0 bridgehead atoms. The number of sulfonamides is 1. The number of hydrazone groups is 1. The first-order valence-electron chi connectivity index (χ1n) is 8.54. The van der Waals surface area contributed by atoms with Gasteiger partial charge in [-0.1, -0.05) is 37.3 Å². The zero-order chi connectivity index (χ0) is 19.6. The molecule has 2 aromatic carbocycles. The fourth-order valence-electron chi connectivity index (χ4n) is 3.06. The molecule has 0 saturated carbocycles. The predicted molar refractivity (Wildman–Crippen MR) is 104 cm³/mol. The van der Waals surface area contributed by atoms with Crippen LogP contribution in [0.1, 0.15) is 36.9 Å². The van der Waals surface area contributed by atoms with E-state index in [1.807, 2.05) is 6.07 Å². The molecule has 7 nitrogen and oxygen atoms in total. The summed E-state index contributed by atoms with van der Waals surface area (Å²) in [4.78, 5) is 12.4. The highest BCUT2D eigenvalue weighted by Gasteiger charge is 2.33. The summed E-state index contributed by atoms with van der Waals surface area (Å²) in [5, 5.41) is 16.1. The molecule has 1 unspecified atom stereocenters. The highest BCUT2D eigenvalue weighted by molar-refractivity contribution is 7.92. The molecule has 0 aliphatic carbocycles. The van der Waals surface area contributed by atoms with E-state index in [0.29, 0.717) is 23.4 Å². The Bertz CT molecular complexity index is 1000. The Morgan fingerprint density at radius 1 is 1.26 bits per heavy atom. The summed E-state index contributed by atoms with van der Waals surface area (Å²) in [5.41, 5.74) is 2.43. The zero-order valence-corrected chi connectivity index (χ0v) is 15.9. The van der Waals surface area contributed by atoms with Crippen molar-refractivity contribution >= 4 is 27.3 Å². The van der Waals surface area contributed by atoms with Gasteiger partial charge in [0.1, 0.15) is 5.75 Å². The molecule has 0 aromatic heterocycles. The first-order valence-corrected chi connectivity index (χ1v) is 10.4. The number of nitrogens with one attached hydrogen (secondary N) is 1. The van der Waals surface area contributed by atoms with Crippen LogP contribution in [0.2, 0.25) is 0 Å². The van der Waals surface area contributed by atoms with Crippen molar-refractivity contribution in [3.8, 4) is 5.75 Å². The van der Waals surface area contributed by atoms with E-state index in [0.717, 1.165) is 11.8 Å².